The number of pyridine rings is 1. The highest BCUT2D eigenvalue weighted by molar-refractivity contribution is 5.92. The molecule has 1 N–H and O–H groups in total. The summed E-state index contributed by atoms with van der Waals surface area (Å²) in [5.41, 5.74) is 3.29. The topological polar surface area (TPSA) is 105 Å². The Kier molecular flexibility index (Phi) is 5.35. The van der Waals surface area contributed by atoms with Crippen molar-refractivity contribution in [2.24, 2.45) is 0 Å². The van der Waals surface area contributed by atoms with Crippen LogP contribution in [-0.2, 0) is 14.9 Å². The Morgan fingerprint density at radius 1 is 1.25 bits per heavy atom. The average molecular weight is 436 g/mol. The second-order valence-electron chi connectivity index (χ2n) is 9.16. The van der Waals surface area contributed by atoms with Gasteiger partial charge in [-0.1, -0.05) is 0 Å². The van der Waals surface area contributed by atoms with Crippen LogP contribution in [0.2, 0.25) is 0 Å². The predicted molar refractivity (Wildman–Crippen MR) is 120 cm³/mol. The fourth-order valence-electron chi connectivity index (χ4n) is 4.57. The fourth-order valence-corrected chi connectivity index (χ4v) is 4.57. The monoisotopic (exact) mass is 435 g/mol. The van der Waals surface area contributed by atoms with E-state index in [2.05, 4.69) is 33.2 Å². The number of nitrogens with one attached hydrogen (secondary N) is 1. The zero-order valence-electron chi connectivity index (χ0n) is 18.8. The molecule has 1 unspecified atom stereocenters. The number of H-pyrrole nitrogens is 1. The summed E-state index contributed by atoms with van der Waals surface area (Å²) in [6.07, 6.45) is 4.82. The van der Waals surface area contributed by atoms with Gasteiger partial charge in [0.25, 0.3) is 0 Å². The van der Waals surface area contributed by atoms with E-state index >= 15 is 0 Å². The summed E-state index contributed by atoms with van der Waals surface area (Å²) in [5, 5.41) is 22.3. The standard InChI is InChI=1S/C23H29N7O2/c1-15-13-31-11-9-29(15)18-12-16(23(2,3)14-24)20-22(26-18)21(28-27-20)17-7-8-25-30(17)19-6-4-5-10-32-19/h7-8,12,15,19H,4-6,9-11,13H2,1-3H3,(H,27,28)/t15-,19?/m1/s1. The van der Waals surface area contributed by atoms with Gasteiger partial charge >= 0.3 is 0 Å². The van der Waals surface area contributed by atoms with Crippen molar-refractivity contribution in [3.8, 4) is 17.5 Å². The van der Waals surface area contributed by atoms with Gasteiger partial charge in [0.05, 0.1) is 36.4 Å². The number of ether oxygens (including phenoxy) is 2. The number of fused-ring (bicyclic) bond motifs is 1. The van der Waals surface area contributed by atoms with Crippen LogP contribution in [0, 0.1) is 11.3 Å². The second-order valence-corrected chi connectivity index (χ2v) is 9.16. The number of morpholine rings is 1. The quantitative estimate of drug-likeness (QED) is 0.668. The predicted octanol–water partition coefficient (Wildman–Crippen LogP) is 3.55. The maximum absolute atomic E-state index is 9.89. The van der Waals surface area contributed by atoms with Gasteiger partial charge in [0, 0.05) is 24.9 Å². The first kappa shape index (κ1) is 20.9. The van der Waals surface area contributed by atoms with E-state index in [1.807, 2.05) is 30.7 Å². The van der Waals surface area contributed by atoms with E-state index in [1.165, 1.54) is 0 Å². The molecule has 0 bridgehead atoms. The number of aromatic amines is 1. The highest BCUT2D eigenvalue weighted by atomic mass is 16.5. The van der Waals surface area contributed by atoms with Crippen LogP contribution in [0.1, 0.15) is 51.8 Å². The Bertz CT molecular complexity index is 1150. The van der Waals surface area contributed by atoms with Crippen LogP contribution in [0.25, 0.3) is 22.4 Å². The number of aromatic nitrogens is 5. The van der Waals surface area contributed by atoms with Gasteiger partial charge < -0.3 is 14.4 Å². The van der Waals surface area contributed by atoms with Crippen molar-refractivity contribution < 1.29 is 9.47 Å². The fraction of sp³-hybridized carbons (Fsp3) is 0.565. The van der Waals surface area contributed by atoms with Crippen molar-refractivity contribution in [2.75, 3.05) is 31.3 Å². The normalized spacial score (nSPS) is 22.2. The summed E-state index contributed by atoms with van der Waals surface area (Å²) in [6.45, 7) is 8.78. The van der Waals surface area contributed by atoms with Crippen molar-refractivity contribution >= 4 is 16.9 Å². The molecular weight excluding hydrogens is 406 g/mol. The highest BCUT2D eigenvalue weighted by Gasteiger charge is 2.30. The van der Waals surface area contributed by atoms with E-state index in [-0.39, 0.29) is 12.3 Å². The number of rotatable bonds is 4. The summed E-state index contributed by atoms with van der Waals surface area (Å²) < 4.78 is 13.5. The third kappa shape index (κ3) is 3.53. The third-order valence-electron chi connectivity index (χ3n) is 6.47. The van der Waals surface area contributed by atoms with Crippen LogP contribution in [0.15, 0.2) is 18.3 Å². The number of nitriles is 1. The van der Waals surface area contributed by atoms with Gasteiger partial charge in [-0.25, -0.2) is 9.67 Å². The third-order valence-corrected chi connectivity index (χ3v) is 6.47. The van der Waals surface area contributed by atoms with Crippen molar-refractivity contribution in [2.45, 2.75) is 57.7 Å². The first-order chi connectivity index (χ1) is 15.5. The molecule has 2 fully saturated rings. The van der Waals surface area contributed by atoms with E-state index in [9.17, 15) is 5.26 Å². The van der Waals surface area contributed by atoms with Crippen LogP contribution in [0.5, 0.6) is 0 Å². The number of nitrogens with zero attached hydrogens (tertiary/aromatic N) is 6. The van der Waals surface area contributed by atoms with Crippen LogP contribution >= 0.6 is 0 Å². The zero-order chi connectivity index (χ0) is 22.3. The Balaban J connectivity index is 1.68. The molecule has 0 radical (unpaired) electrons. The van der Waals surface area contributed by atoms with Gasteiger partial charge in [-0.15, -0.1) is 0 Å². The molecule has 9 nitrogen and oxygen atoms in total. The molecule has 2 saturated heterocycles. The molecule has 0 aliphatic carbocycles. The second kappa shape index (κ2) is 8.19. The molecule has 2 atom stereocenters. The molecule has 3 aromatic heterocycles. The molecule has 0 aromatic carbocycles. The summed E-state index contributed by atoms with van der Waals surface area (Å²) in [6, 6.07) is 6.61. The summed E-state index contributed by atoms with van der Waals surface area (Å²) in [5.74, 6) is 0.842. The molecule has 2 aliphatic rings. The van der Waals surface area contributed by atoms with E-state index in [4.69, 9.17) is 14.5 Å². The number of anilines is 1. The van der Waals surface area contributed by atoms with E-state index in [0.29, 0.717) is 18.7 Å². The Morgan fingerprint density at radius 3 is 2.88 bits per heavy atom. The lowest BCUT2D eigenvalue weighted by Crippen LogP contribution is -2.44. The summed E-state index contributed by atoms with van der Waals surface area (Å²) in [7, 11) is 0. The lowest BCUT2D eigenvalue weighted by molar-refractivity contribution is -0.0383. The maximum atomic E-state index is 9.89. The SMILES string of the molecule is C[C@@H]1COCCN1c1cc(C(C)(C)C#N)c2n[nH]c(-c3ccnn3C3CCCCO3)c2n1. The molecule has 3 aromatic rings. The molecule has 5 rings (SSSR count). The molecule has 5 heterocycles. The van der Waals surface area contributed by atoms with Crippen LogP contribution in [0.4, 0.5) is 5.82 Å². The van der Waals surface area contributed by atoms with Crippen molar-refractivity contribution in [1.29, 1.82) is 5.26 Å². The summed E-state index contributed by atoms with van der Waals surface area (Å²) >= 11 is 0. The van der Waals surface area contributed by atoms with Gasteiger partial charge in [0.2, 0.25) is 0 Å². The molecule has 32 heavy (non-hydrogen) atoms. The Morgan fingerprint density at radius 2 is 2.12 bits per heavy atom. The number of hydrogen-bond acceptors (Lipinski definition) is 7. The van der Waals surface area contributed by atoms with Crippen molar-refractivity contribution in [1.82, 2.24) is 25.0 Å². The minimum absolute atomic E-state index is 0.0930. The van der Waals surface area contributed by atoms with Crippen molar-refractivity contribution in [3.05, 3.63) is 23.9 Å². The molecule has 9 heteroatoms. The molecule has 0 spiro atoms. The van der Waals surface area contributed by atoms with Gasteiger partial charge in [-0.3, -0.25) is 5.10 Å². The number of hydrogen-bond donors (Lipinski definition) is 1. The van der Waals surface area contributed by atoms with E-state index in [1.54, 1.807) is 6.20 Å². The summed E-state index contributed by atoms with van der Waals surface area (Å²) in [4.78, 5) is 7.29. The molecule has 2 aliphatic heterocycles. The first-order valence-corrected chi connectivity index (χ1v) is 11.3. The lowest BCUT2D eigenvalue weighted by atomic mass is 9.85. The smallest absolute Gasteiger partial charge is 0.150 e. The Hall–Kier alpha value is -2.96. The zero-order valence-corrected chi connectivity index (χ0v) is 18.8. The largest absolute Gasteiger partial charge is 0.377 e. The van der Waals surface area contributed by atoms with Gasteiger partial charge in [-0.2, -0.15) is 15.5 Å². The van der Waals surface area contributed by atoms with Crippen LogP contribution in [-0.4, -0.2) is 57.4 Å². The van der Waals surface area contributed by atoms with Gasteiger partial charge in [0.1, 0.15) is 22.5 Å². The van der Waals surface area contributed by atoms with E-state index in [0.717, 1.165) is 60.7 Å². The Labute approximate surface area is 187 Å². The highest BCUT2D eigenvalue weighted by Crippen LogP contribution is 2.37. The maximum Gasteiger partial charge on any atom is 0.150 e. The van der Waals surface area contributed by atoms with E-state index < -0.39 is 5.41 Å². The van der Waals surface area contributed by atoms with Crippen LogP contribution < -0.4 is 4.90 Å². The first-order valence-electron chi connectivity index (χ1n) is 11.3. The lowest BCUT2D eigenvalue weighted by Gasteiger charge is -2.35. The van der Waals surface area contributed by atoms with Gasteiger partial charge in [-0.05, 0) is 52.2 Å². The molecular formula is C23H29N7O2. The van der Waals surface area contributed by atoms with Crippen molar-refractivity contribution in [3.63, 3.8) is 0 Å². The molecule has 168 valence electrons. The molecule has 0 amide bonds. The average Bonchev–Trinajstić information content (AvgIpc) is 3.46. The minimum Gasteiger partial charge on any atom is -0.377 e. The minimum atomic E-state index is -0.718. The molecule has 0 saturated carbocycles. The van der Waals surface area contributed by atoms with Crippen LogP contribution in [0.3, 0.4) is 0 Å². The van der Waals surface area contributed by atoms with Gasteiger partial charge in [0.15, 0.2) is 6.23 Å².